The number of esters is 1. The molecule has 2 heterocycles. The first kappa shape index (κ1) is 25.3. The number of hydrogen-bond acceptors (Lipinski definition) is 6. The van der Waals surface area contributed by atoms with E-state index < -0.39 is 23.9 Å². The van der Waals surface area contributed by atoms with E-state index in [0.717, 1.165) is 11.3 Å². The van der Waals surface area contributed by atoms with Crippen molar-refractivity contribution in [3.05, 3.63) is 70.8 Å². The van der Waals surface area contributed by atoms with E-state index in [1.807, 2.05) is 6.92 Å². The molecule has 0 aliphatic rings. The lowest BCUT2D eigenvalue weighted by Crippen LogP contribution is -2.27. The molecule has 2 amide bonds. The van der Waals surface area contributed by atoms with Gasteiger partial charge in [-0.3, -0.25) is 9.59 Å². The van der Waals surface area contributed by atoms with Crippen molar-refractivity contribution in [2.75, 3.05) is 17.2 Å². The van der Waals surface area contributed by atoms with Crippen molar-refractivity contribution in [1.29, 1.82) is 5.26 Å². The summed E-state index contributed by atoms with van der Waals surface area (Å²) in [6.45, 7) is 8.77. The van der Waals surface area contributed by atoms with Gasteiger partial charge in [0.1, 0.15) is 17.6 Å². The summed E-state index contributed by atoms with van der Waals surface area (Å²) in [4.78, 5) is 37.3. The Kier molecular flexibility index (Phi) is 7.45. The Morgan fingerprint density at radius 1 is 1.11 bits per heavy atom. The first-order chi connectivity index (χ1) is 16.5. The molecule has 35 heavy (non-hydrogen) atoms. The van der Waals surface area contributed by atoms with Gasteiger partial charge in [0.2, 0.25) is 5.91 Å². The van der Waals surface area contributed by atoms with Gasteiger partial charge in [-0.05, 0) is 49.7 Å². The second-order valence-corrected chi connectivity index (χ2v) is 9.12. The first-order valence-electron chi connectivity index (χ1n) is 11.0. The molecule has 0 fully saturated rings. The second kappa shape index (κ2) is 10.3. The number of ether oxygens (including phenoxy) is 1. The summed E-state index contributed by atoms with van der Waals surface area (Å²) in [6, 6.07) is 12.0. The van der Waals surface area contributed by atoms with Gasteiger partial charge in [-0.2, -0.15) is 5.26 Å². The van der Waals surface area contributed by atoms with Gasteiger partial charge in [-0.1, -0.05) is 26.8 Å². The highest BCUT2D eigenvalue weighted by Gasteiger charge is 2.23. The molecule has 9 heteroatoms. The second-order valence-electron chi connectivity index (χ2n) is 9.12. The van der Waals surface area contributed by atoms with Crippen molar-refractivity contribution >= 4 is 29.3 Å². The van der Waals surface area contributed by atoms with E-state index in [4.69, 9.17) is 9.15 Å². The normalized spacial score (nSPS) is 11.0. The van der Waals surface area contributed by atoms with Gasteiger partial charge in [-0.25, -0.2) is 4.79 Å². The standard InChI is InChI=1S/C26H28N4O5/c1-16-17(2)30(14-20-10-7-11-34-20)23(21(16)13-27)29-22(31)15-35-24(32)18-8-6-9-19(12-18)28-25(33)26(3,4)5/h6-12H,14-15H2,1-5H3,(H,28,33)(H,29,31). The molecule has 2 aromatic heterocycles. The molecule has 0 aliphatic heterocycles. The topological polar surface area (TPSA) is 126 Å². The Labute approximate surface area is 203 Å². The van der Waals surface area contributed by atoms with Gasteiger partial charge in [0, 0.05) is 16.8 Å². The van der Waals surface area contributed by atoms with E-state index in [9.17, 15) is 19.6 Å². The third-order valence-electron chi connectivity index (χ3n) is 5.46. The zero-order valence-electron chi connectivity index (χ0n) is 20.4. The fourth-order valence-corrected chi connectivity index (χ4v) is 3.31. The third kappa shape index (κ3) is 5.98. The zero-order valence-corrected chi connectivity index (χ0v) is 20.4. The van der Waals surface area contributed by atoms with Crippen LogP contribution >= 0.6 is 0 Å². The molecule has 0 radical (unpaired) electrons. The summed E-state index contributed by atoms with van der Waals surface area (Å²) in [7, 11) is 0. The third-order valence-corrected chi connectivity index (χ3v) is 5.46. The number of nitrogens with one attached hydrogen (secondary N) is 2. The number of rotatable bonds is 7. The number of aromatic nitrogens is 1. The minimum absolute atomic E-state index is 0.190. The minimum Gasteiger partial charge on any atom is -0.467 e. The average Bonchev–Trinajstić information content (AvgIpc) is 3.40. The predicted molar refractivity (Wildman–Crippen MR) is 130 cm³/mol. The van der Waals surface area contributed by atoms with Crippen molar-refractivity contribution in [2.24, 2.45) is 5.41 Å². The molecule has 0 unspecified atom stereocenters. The van der Waals surface area contributed by atoms with Gasteiger partial charge in [0.25, 0.3) is 5.91 Å². The summed E-state index contributed by atoms with van der Waals surface area (Å²) in [5.41, 5.74) is 1.91. The van der Waals surface area contributed by atoms with Gasteiger partial charge in [0.05, 0.1) is 23.9 Å². The first-order valence-corrected chi connectivity index (χ1v) is 11.0. The Hall–Kier alpha value is -4.32. The Balaban J connectivity index is 1.69. The maximum atomic E-state index is 12.6. The van der Waals surface area contributed by atoms with E-state index in [-0.39, 0.29) is 11.5 Å². The molecule has 3 rings (SSSR count). The highest BCUT2D eigenvalue weighted by molar-refractivity contribution is 5.98. The molecular weight excluding hydrogens is 448 g/mol. The van der Waals surface area contributed by atoms with Crippen molar-refractivity contribution in [3.8, 4) is 6.07 Å². The van der Waals surface area contributed by atoms with Crippen LogP contribution in [0.1, 0.15) is 53.7 Å². The SMILES string of the molecule is Cc1c(C#N)c(NC(=O)COC(=O)c2cccc(NC(=O)C(C)(C)C)c2)n(Cc2ccco2)c1C. The fraction of sp³-hybridized carbons (Fsp3) is 0.308. The number of benzene rings is 1. The molecule has 0 aliphatic carbocycles. The molecule has 0 atom stereocenters. The highest BCUT2D eigenvalue weighted by Crippen LogP contribution is 2.27. The smallest absolute Gasteiger partial charge is 0.338 e. The summed E-state index contributed by atoms with van der Waals surface area (Å²) in [6.07, 6.45) is 1.55. The molecule has 182 valence electrons. The zero-order chi connectivity index (χ0) is 25.8. The molecule has 9 nitrogen and oxygen atoms in total. The van der Waals surface area contributed by atoms with E-state index >= 15 is 0 Å². The summed E-state index contributed by atoms with van der Waals surface area (Å²) >= 11 is 0. The molecule has 1 aromatic carbocycles. The number of furan rings is 1. The molecule has 0 spiro atoms. The number of carbonyl (C=O) groups is 3. The quantitative estimate of drug-likeness (QED) is 0.487. The van der Waals surface area contributed by atoms with Crippen molar-refractivity contribution in [1.82, 2.24) is 4.57 Å². The lowest BCUT2D eigenvalue weighted by molar-refractivity contribution is -0.123. The van der Waals surface area contributed by atoms with Crippen LogP contribution in [-0.2, 0) is 20.9 Å². The number of nitrogens with zero attached hydrogens (tertiary/aromatic N) is 2. The van der Waals surface area contributed by atoms with Gasteiger partial charge < -0.3 is 24.4 Å². The number of anilines is 2. The fourth-order valence-electron chi connectivity index (χ4n) is 3.31. The lowest BCUT2D eigenvalue weighted by Gasteiger charge is -2.17. The number of nitriles is 1. The monoisotopic (exact) mass is 476 g/mol. The van der Waals surface area contributed by atoms with E-state index in [1.165, 1.54) is 12.1 Å². The summed E-state index contributed by atoms with van der Waals surface area (Å²) in [5, 5.41) is 15.1. The number of hydrogen-bond donors (Lipinski definition) is 2. The van der Waals surface area contributed by atoms with Crippen LogP contribution in [0.4, 0.5) is 11.5 Å². The largest absolute Gasteiger partial charge is 0.467 e. The summed E-state index contributed by atoms with van der Waals surface area (Å²) < 4.78 is 12.3. The van der Waals surface area contributed by atoms with Crippen LogP contribution in [0.15, 0.2) is 47.1 Å². The van der Waals surface area contributed by atoms with E-state index in [0.29, 0.717) is 29.4 Å². The highest BCUT2D eigenvalue weighted by atomic mass is 16.5. The van der Waals surface area contributed by atoms with Crippen LogP contribution in [0.2, 0.25) is 0 Å². The van der Waals surface area contributed by atoms with Crippen LogP contribution in [0, 0.1) is 30.6 Å². The van der Waals surface area contributed by atoms with E-state index in [2.05, 4.69) is 16.7 Å². The van der Waals surface area contributed by atoms with Crippen LogP contribution < -0.4 is 10.6 Å². The van der Waals surface area contributed by atoms with Crippen LogP contribution in [0.3, 0.4) is 0 Å². The lowest BCUT2D eigenvalue weighted by atomic mass is 9.95. The van der Waals surface area contributed by atoms with Crippen molar-refractivity contribution < 1.29 is 23.5 Å². The number of amides is 2. The number of carbonyl (C=O) groups excluding carboxylic acids is 3. The molecular formula is C26H28N4O5. The van der Waals surface area contributed by atoms with Gasteiger partial charge in [0.15, 0.2) is 6.61 Å². The molecule has 3 aromatic rings. The Bertz CT molecular complexity index is 1290. The van der Waals surface area contributed by atoms with Gasteiger partial charge in [-0.15, -0.1) is 0 Å². The maximum absolute atomic E-state index is 12.6. The molecule has 2 N–H and O–H groups in total. The van der Waals surface area contributed by atoms with E-state index in [1.54, 1.807) is 62.8 Å². The van der Waals surface area contributed by atoms with Crippen molar-refractivity contribution in [3.63, 3.8) is 0 Å². The average molecular weight is 477 g/mol. The van der Waals surface area contributed by atoms with Crippen LogP contribution in [0.25, 0.3) is 0 Å². The van der Waals surface area contributed by atoms with Crippen LogP contribution in [0.5, 0.6) is 0 Å². The molecule has 0 saturated carbocycles. The van der Waals surface area contributed by atoms with Crippen LogP contribution in [-0.4, -0.2) is 29.0 Å². The van der Waals surface area contributed by atoms with Gasteiger partial charge >= 0.3 is 5.97 Å². The summed E-state index contributed by atoms with van der Waals surface area (Å²) in [5.74, 6) is -0.533. The predicted octanol–water partition coefficient (Wildman–Crippen LogP) is 4.40. The minimum atomic E-state index is -0.717. The molecule has 0 bridgehead atoms. The van der Waals surface area contributed by atoms with Crippen molar-refractivity contribution in [2.45, 2.75) is 41.2 Å². The molecule has 0 saturated heterocycles. The maximum Gasteiger partial charge on any atom is 0.338 e. The Morgan fingerprint density at radius 2 is 1.86 bits per heavy atom. The Morgan fingerprint density at radius 3 is 2.49 bits per heavy atom.